The van der Waals surface area contributed by atoms with E-state index in [0.29, 0.717) is 12.0 Å². The van der Waals surface area contributed by atoms with Crippen LogP contribution in [0.15, 0.2) is 66.7 Å². The van der Waals surface area contributed by atoms with Gasteiger partial charge in [0.05, 0.1) is 0 Å². The summed E-state index contributed by atoms with van der Waals surface area (Å²) in [6, 6.07) is 21.0. The van der Waals surface area contributed by atoms with E-state index < -0.39 is 11.6 Å². The number of nitrogens with zero attached hydrogens (tertiary/aromatic N) is 1. The van der Waals surface area contributed by atoms with Crippen LogP contribution in [0.3, 0.4) is 0 Å². The minimum absolute atomic E-state index is 0.430. The maximum atomic E-state index is 13.7. The third-order valence-corrected chi connectivity index (χ3v) is 5.27. The SMILES string of the molecule is Fc1ccc(CCCCCCn2c3ccccc3c3ccccc32)c(F)c1. The first kappa shape index (κ1) is 17.7. The van der Waals surface area contributed by atoms with E-state index in [1.807, 2.05) is 0 Å². The Kier molecular flexibility index (Phi) is 5.19. The zero-order valence-electron chi connectivity index (χ0n) is 15.3. The van der Waals surface area contributed by atoms with E-state index in [9.17, 15) is 8.78 Å². The molecule has 0 aliphatic heterocycles. The molecule has 4 rings (SSSR count). The maximum absolute atomic E-state index is 13.7. The number of benzene rings is 3. The lowest BCUT2D eigenvalue weighted by molar-refractivity contribution is 0.556. The van der Waals surface area contributed by atoms with Gasteiger partial charge in [0.2, 0.25) is 0 Å². The molecule has 0 saturated heterocycles. The Morgan fingerprint density at radius 1 is 0.667 bits per heavy atom. The molecule has 0 radical (unpaired) electrons. The quantitative estimate of drug-likeness (QED) is 0.316. The Labute approximate surface area is 158 Å². The van der Waals surface area contributed by atoms with E-state index in [4.69, 9.17) is 0 Å². The van der Waals surface area contributed by atoms with Crippen molar-refractivity contribution in [2.45, 2.75) is 38.6 Å². The van der Waals surface area contributed by atoms with Crippen LogP contribution in [0.4, 0.5) is 8.78 Å². The van der Waals surface area contributed by atoms with Crippen molar-refractivity contribution in [3.05, 3.63) is 83.9 Å². The van der Waals surface area contributed by atoms with Crippen LogP contribution in [0.25, 0.3) is 21.8 Å². The van der Waals surface area contributed by atoms with Gasteiger partial charge in [-0.05, 0) is 43.0 Å². The smallest absolute Gasteiger partial charge is 0.129 e. The fourth-order valence-electron chi connectivity index (χ4n) is 3.91. The minimum atomic E-state index is -0.512. The highest BCUT2D eigenvalue weighted by Crippen LogP contribution is 2.29. The van der Waals surface area contributed by atoms with Crippen molar-refractivity contribution in [1.29, 1.82) is 0 Å². The van der Waals surface area contributed by atoms with E-state index >= 15 is 0 Å². The maximum Gasteiger partial charge on any atom is 0.129 e. The number of unbranched alkanes of at least 4 members (excludes halogenated alkanes) is 3. The van der Waals surface area contributed by atoms with Crippen LogP contribution in [-0.4, -0.2) is 4.57 Å². The second-order valence-electron chi connectivity index (χ2n) is 7.09. The first-order chi connectivity index (χ1) is 13.2. The average molecular weight is 363 g/mol. The largest absolute Gasteiger partial charge is 0.340 e. The molecule has 0 saturated carbocycles. The highest BCUT2D eigenvalue weighted by Gasteiger charge is 2.09. The highest BCUT2D eigenvalue weighted by molar-refractivity contribution is 6.07. The summed E-state index contributed by atoms with van der Waals surface area (Å²) in [6.07, 6.45) is 4.84. The second kappa shape index (κ2) is 7.91. The Morgan fingerprint density at radius 2 is 1.30 bits per heavy atom. The molecule has 0 amide bonds. The summed E-state index contributed by atoms with van der Waals surface area (Å²) in [5.41, 5.74) is 3.18. The normalized spacial score (nSPS) is 11.5. The van der Waals surface area contributed by atoms with Gasteiger partial charge in [-0.25, -0.2) is 8.78 Å². The van der Waals surface area contributed by atoms with Crippen LogP contribution >= 0.6 is 0 Å². The molecule has 1 aromatic heterocycles. The van der Waals surface area contributed by atoms with Crippen molar-refractivity contribution >= 4 is 21.8 Å². The zero-order valence-corrected chi connectivity index (χ0v) is 15.3. The standard InChI is InChI=1S/C24H23F2N/c25-19-15-14-18(22(26)17-19)9-3-1-2-8-16-27-23-12-6-4-10-20(23)21-11-5-7-13-24(21)27/h4-7,10-15,17H,1-3,8-9,16H2. The number of rotatable bonds is 7. The number of aromatic nitrogens is 1. The van der Waals surface area contributed by atoms with Gasteiger partial charge in [-0.15, -0.1) is 0 Å². The molecule has 0 aliphatic carbocycles. The van der Waals surface area contributed by atoms with E-state index in [1.54, 1.807) is 6.07 Å². The van der Waals surface area contributed by atoms with Crippen LogP contribution in [0.2, 0.25) is 0 Å². The molecule has 1 heterocycles. The van der Waals surface area contributed by atoms with Crippen LogP contribution in [-0.2, 0) is 13.0 Å². The van der Waals surface area contributed by atoms with Crippen molar-refractivity contribution in [1.82, 2.24) is 4.57 Å². The summed E-state index contributed by atoms with van der Waals surface area (Å²) in [5.74, 6) is -0.942. The fraction of sp³-hybridized carbons (Fsp3) is 0.250. The predicted molar refractivity (Wildman–Crippen MR) is 108 cm³/mol. The molecule has 0 fully saturated rings. The van der Waals surface area contributed by atoms with Crippen LogP contribution < -0.4 is 0 Å². The predicted octanol–water partition coefficient (Wildman–Crippen LogP) is 6.88. The molecule has 0 atom stereocenters. The molecule has 0 spiro atoms. The third-order valence-electron chi connectivity index (χ3n) is 5.27. The average Bonchev–Trinajstić information content (AvgIpc) is 3.00. The first-order valence-corrected chi connectivity index (χ1v) is 9.64. The van der Waals surface area contributed by atoms with Crippen molar-refractivity contribution in [3.8, 4) is 0 Å². The second-order valence-corrected chi connectivity index (χ2v) is 7.09. The van der Waals surface area contributed by atoms with Crippen molar-refractivity contribution in [2.75, 3.05) is 0 Å². The Balaban J connectivity index is 1.35. The summed E-state index contributed by atoms with van der Waals surface area (Å²) in [7, 11) is 0. The van der Waals surface area contributed by atoms with Crippen molar-refractivity contribution in [2.24, 2.45) is 0 Å². The van der Waals surface area contributed by atoms with Crippen LogP contribution in [0.1, 0.15) is 31.2 Å². The summed E-state index contributed by atoms with van der Waals surface area (Å²) in [5, 5.41) is 2.61. The van der Waals surface area contributed by atoms with E-state index in [2.05, 4.69) is 53.1 Å². The van der Waals surface area contributed by atoms with Gasteiger partial charge in [-0.1, -0.05) is 55.3 Å². The lowest BCUT2D eigenvalue weighted by Crippen LogP contribution is -1.98. The van der Waals surface area contributed by atoms with Gasteiger partial charge < -0.3 is 4.57 Å². The Morgan fingerprint density at radius 3 is 1.96 bits per heavy atom. The number of hydrogen-bond donors (Lipinski definition) is 0. The molecule has 27 heavy (non-hydrogen) atoms. The molecule has 0 aliphatic rings. The number of fused-ring (bicyclic) bond motifs is 3. The van der Waals surface area contributed by atoms with Gasteiger partial charge in [0.1, 0.15) is 11.6 Å². The summed E-state index contributed by atoms with van der Waals surface area (Å²) >= 11 is 0. The van der Waals surface area contributed by atoms with Gasteiger partial charge in [-0.2, -0.15) is 0 Å². The molecule has 0 bridgehead atoms. The third kappa shape index (κ3) is 3.73. The molecule has 3 heteroatoms. The zero-order chi connectivity index (χ0) is 18.6. The van der Waals surface area contributed by atoms with Crippen molar-refractivity contribution in [3.63, 3.8) is 0 Å². The number of hydrogen-bond acceptors (Lipinski definition) is 0. The Hall–Kier alpha value is -2.68. The van der Waals surface area contributed by atoms with Crippen LogP contribution in [0, 0.1) is 11.6 Å². The van der Waals surface area contributed by atoms with Gasteiger partial charge in [0.15, 0.2) is 0 Å². The fourth-order valence-corrected chi connectivity index (χ4v) is 3.91. The summed E-state index contributed by atoms with van der Waals surface area (Å²) in [4.78, 5) is 0. The van der Waals surface area contributed by atoms with Gasteiger partial charge in [-0.3, -0.25) is 0 Å². The lowest BCUT2D eigenvalue weighted by Gasteiger charge is -2.08. The van der Waals surface area contributed by atoms with Gasteiger partial charge >= 0.3 is 0 Å². The molecule has 4 aromatic rings. The minimum Gasteiger partial charge on any atom is -0.340 e. The van der Waals surface area contributed by atoms with E-state index in [0.717, 1.165) is 38.3 Å². The molecule has 0 unspecified atom stereocenters. The molecular weight excluding hydrogens is 340 g/mol. The summed E-state index contributed by atoms with van der Waals surface area (Å²) in [6.45, 7) is 0.985. The molecule has 138 valence electrons. The molecule has 3 aromatic carbocycles. The highest BCUT2D eigenvalue weighted by atomic mass is 19.1. The van der Waals surface area contributed by atoms with Crippen molar-refractivity contribution < 1.29 is 8.78 Å². The molecular formula is C24H23F2N. The summed E-state index contributed by atoms with van der Waals surface area (Å²) < 4.78 is 29.0. The monoisotopic (exact) mass is 363 g/mol. The molecule has 1 nitrogen and oxygen atoms in total. The molecule has 0 N–H and O–H groups in total. The number of para-hydroxylation sites is 2. The van der Waals surface area contributed by atoms with E-state index in [-0.39, 0.29) is 0 Å². The van der Waals surface area contributed by atoms with Crippen LogP contribution in [0.5, 0.6) is 0 Å². The topological polar surface area (TPSA) is 4.93 Å². The van der Waals surface area contributed by atoms with Gasteiger partial charge in [0.25, 0.3) is 0 Å². The first-order valence-electron chi connectivity index (χ1n) is 9.64. The van der Waals surface area contributed by atoms with E-state index in [1.165, 1.54) is 27.9 Å². The van der Waals surface area contributed by atoms with Gasteiger partial charge in [0, 0.05) is 34.4 Å². The Bertz CT molecular complexity index is 1010. The lowest BCUT2D eigenvalue weighted by atomic mass is 10.1. The number of aryl methyl sites for hydroxylation is 2. The number of halogens is 2.